The zero-order valence-corrected chi connectivity index (χ0v) is 11.3. The summed E-state index contributed by atoms with van der Waals surface area (Å²) < 4.78 is 10.8. The summed E-state index contributed by atoms with van der Waals surface area (Å²) in [6, 6.07) is 3.85. The van der Waals surface area contributed by atoms with Crippen LogP contribution in [0.1, 0.15) is 34.3 Å². The van der Waals surface area contributed by atoms with Crippen LogP contribution in [0.4, 0.5) is 0 Å². The SMILES string of the molecule is COc1c(C(=O)C2CCCOC2)ccc(C)c1C. The van der Waals surface area contributed by atoms with Gasteiger partial charge in [0.2, 0.25) is 0 Å². The summed E-state index contributed by atoms with van der Waals surface area (Å²) in [7, 11) is 1.62. The smallest absolute Gasteiger partial charge is 0.171 e. The van der Waals surface area contributed by atoms with Gasteiger partial charge >= 0.3 is 0 Å². The van der Waals surface area contributed by atoms with Crippen molar-refractivity contribution >= 4 is 5.78 Å². The van der Waals surface area contributed by atoms with E-state index in [0.717, 1.165) is 30.6 Å². The average Bonchev–Trinajstić information content (AvgIpc) is 2.42. The Morgan fingerprint density at radius 2 is 2.17 bits per heavy atom. The van der Waals surface area contributed by atoms with Crippen molar-refractivity contribution in [2.75, 3.05) is 20.3 Å². The molecule has 0 radical (unpaired) electrons. The molecular weight excluding hydrogens is 228 g/mol. The molecule has 3 heteroatoms. The summed E-state index contributed by atoms with van der Waals surface area (Å²) in [5.41, 5.74) is 2.87. The van der Waals surface area contributed by atoms with Crippen molar-refractivity contribution in [1.82, 2.24) is 0 Å². The van der Waals surface area contributed by atoms with Crippen molar-refractivity contribution < 1.29 is 14.3 Å². The summed E-state index contributed by atoms with van der Waals surface area (Å²) >= 11 is 0. The lowest BCUT2D eigenvalue weighted by Gasteiger charge is -2.22. The van der Waals surface area contributed by atoms with Crippen LogP contribution in [0.15, 0.2) is 12.1 Å². The second kappa shape index (κ2) is 5.53. The molecule has 0 saturated carbocycles. The van der Waals surface area contributed by atoms with E-state index in [0.29, 0.717) is 17.9 Å². The van der Waals surface area contributed by atoms with Gasteiger partial charge in [-0.1, -0.05) is 6.07 Å². The summed E-state index contributed by atoms with van der Waals surface area (Å²) in [4.78, 5) is 12.5. The summed E-state index contributed by atoms with van der Waals surface area (Å²) in [5, 5.41) is 0. The molecule has 1 aliphatic heterocycles. The molecule has 3 nitrogen and oxygen atoms in total. The van der Waals surface area contributed by atoms with Gasteiger partial charge < -0.3 is 9.47 Å². The van der Waals surface area contributed by atoms with Gasteiger partial charge in [-0.15, -0.1) is 0 Å². The third-order valence-electron chi connectivity index (χ3n) is 3.68. The highest BCUT2D eigenvalue weighted by Gasteiger charge is 2.26. The lowest BCUT2D eigenvalue weighted by molar-refractivity contribution is 0.0459. The highest BCUT2D eigenvalue weighted by molar-refractivity contribution is 6.01. The third-order valence-corrected chi connectivity index (χ3v) is 3.68. The molecule has 98 valence electrons. The van der Waals surface area contributed by atoms with Crippen LogP contribution in [0.3, 0.4) is 0 Å². The van der Waals surface area contributed by atoms with E-state index in [1.807, 2.05) is 26.0 Å². The molecule has 1 saturated heterocycles. The fourth-order valence-corrected chi connectivity index (χ4v) is 2.41. The molecule has 1 fully saturated rings. The average molecular weight is 248 g/mol. The minimum Gasteiger partial charge on any atom is -0.496 e. The fourth-order valence-electron chi connectivity index (χ4n) is 2.41. The number of carbonyl (C=O) groups excluding carboxylic acids is 1. The molecule has 1 aromatic carbocycles. The van der Waals surface area contributed by atoms with Crippen molar-refractivity contribution in [3.63, 3.8) is 0 Å². The van der Waals surface area contributed by atoms with Crippen LogP contribution in [0.25, 0.3) is 0 Å². The van der Waals surface area contributed by atoms with Gasteiger partial charge in [0.1, 0.15) is 5.75 Å². The molecule has 1 atom stereocenters. The first-order valence-corrected chi connectivity index (χ1v) is 6.41. The molecule has 1 heterocycles. The Labute approximate surface area is 108 Å². The minimum atomic E-state index is -0.0187. The first-order valence-electron chi connectivity index (χ1n) is 6.41. The van der Waals surface area contributed by atoms with Crippen LogP contribution >= 0.6 is 0 Å². The molecule has 0 aromatic heterocycles. The molecule has 1 unspecified atom stereocenters. The molecule has 0 amide bonds. The molecule has 18 heavy (non-hydrogen) atoms. The van der Waals surface area contributed by atoms with Crippen molar-refractivity contribution in [3.05, 3.63) is 28.8 Å². The standard InChI is InChI=1S/C15H20O3/c1-10-6-7-13(15(17-3)11(10)2)14(16)12-5-4-8-18-9-12/h6-7,12H,4-5,8-9H2,1-3H3. The Morgan fingerprint density at radius 3 is 2.78 bits per heavy atom. The number of benzene rings is 1. The van der Waals surface area contributed by atoms with E-state index in [-0.39, 0.29) is 11.7 Å². The van der Waals surface area contributed by atoms with Gasteiger partial charge in [0.05, 0.1) is 19.3 Å². The quantitative estimate of drug-likeness (QED) is 0.771. The van der Waals surface area contributed by atoms with E-state index >= 15 is 0 Å². The largest absolute Gasteiger partial charge is 0.496 e. The molecular formula is C15H20O3. The van der Waals surface area contributed by atoms with Crippen LogP contribution < -0.4 is 4.74 Å². The lowest BCUT2D eigenvalue weighted by Crippen LogP contribution is -2.25. The van der Waals surface area contributed by atoms with Crippen LogP contribution in [-0.4, -0.2) is 26.1 Å². The van der Waals surface area contributed by atoms with Crippen molar-refractivity contribution in [2.24, 2.45) is 5.92 Å². The zero-order valence-electron chi connectivity index (χ0n) is 11.3. The molecule has 0 spiro atoms. The molecule has 1 aliphatic rings. The van der Waals surface area contributed by atoms with Crippen molar-refractivity contribution in [2.45, 2.75) is 26.7 Å². The number of ether oxygens (including phenoxy) is 2. The van der Waals surface area contributed by atoms with Gasteiger partial charge in [0.15, 0.2) is 5.78 Å². The number of carbonyl (C=O) groups is 1. The zero-order chi connectivity index (χ0) is 13.1. The summed E-state index contributed by atoms with van der Waals surface area (Å²) in [6.45, 7) is 5.32. The Morgan fingerprint density at radius 1 is 1.39 bits per heavy atom. The molecule has 1 aromatic rings. The van der Waals surface area contributed by atoms with Gasteiger partial charge in [-0.05, 0) is 43.9 Å². The Kier molecular flexibility index (Phi) is 4.02. The Bertz CT molecular complexity index is 445. The lowest BCUT2D eigenvalue weighted by atomic mass is 9.90. The number of aryl methyl sites for hydroxylation is 1. The van der Waals surface area contributed by atoms with Crippen LogP contribution in [0.2, 0.25) is 0 Å². The topological polar surface area (TPSA) is 35.5 Å². The maximum atomic E-state index is 12.5. The molecule has 0 N–H and O–H groups in total. The second-order valence-corrected chi connectivity index (χ2v) is 4.87. The maximum Gasteiger partial charge on any atom is 0.171 e. The first kappa shape index (κ1) is 13.1. The number of Topliss-reactive ketones (excluding diaryl/α,β-unsaturated/α-hetero) is 1. The van der Waals surface area contributed by atoms with E-state index in [4.69, 9.17) is 9.47 Å². The second-order valence-electron chi connectivity index (χ2n) is 4.87. The predicted molar refractivity (Wildman–Crippen MR) is 70.3 cm³/mol. The van der Waals surface area contributed by atoms with Gasteiger partial charge in [-0.25, -0.2) is 0 Å². The van der Waals surface area contributed by atoms with E-state index < -0.39 is 0 Å². The number of rotatable bonds is 3. The molecule has 0 bridgehead atoms. The minimum absolute atomic E-state index is 0.0187. The van der Waals surface area contributed by atoms with E-state index in [1.54, 1.807) is 7.11 Å². The third kappa shape index (κ3) is 2.41. The van der Waals surface area contributed by atoms with Crippen LogP contribution in [-0.2, 0) is 4.74 Å². The number of hydrogen-bond acceptors (Lipinski definition) is 3. The molecule has 2 rings (SSSR count). The van der Waals surface area contributed by atoms with E-state index in [9.17, 15) is 4.79 Å². The highest BCUT2D eigenvalue weighted by Crippen LogP contribution is 2.30. The van der Waals surface area contributed by atoms with Crippen LogP contribution in [0, 0.1) is 19.8 Å². The number of methoxy groups -OCH3 is 1. The maximum absolute atomic E-state index is 12.5. The number of hydrogen-bond donors (Lipinski definition) is 0. The first-order chi connectivity index (χ1) is 8.65. The van der Waals surface area contributed by atoms with Gasteiger partial charge in [-0.2, -0.15) is 0 Å². The van der Waals surface area contributed by atoms with E-state index in [2.05, 4.69) is 0 Å². The highest BCUT2D eigenvalue weighted by atomic mass is 16.5. The van der Waals surface area contributed by atoms with Gasteiger partial charge in [0.25, 0.3) is 0 Å². The fraction of sp³-hybridized carbons (Fsp3) is 0.533. The van der Waals surface area contributed by atoms with Gasteiger partial charge in [-0.3, -0.25) is 4.79 Å². The van der Waals surface area contributed by atoms with Crippen molar-refractivity contribution in [1.29, 1.82) is 0 Å². The monoisotopic (exact) mass is 248 g/mol. The summed E-state index contributed by atoms with van der Waals surface area (Å²) in [6.07, 6.45) is 1.87. The van der Waals surface area contributed by atoms with Crippen molar-refractivity contribution in [3.8, 4) is 5.75 Å². The van der Waals surface area contributed by atoms with Gasteiger partial charge in [0, 0.05) is 12.5 Å². The number of ketones is 1. The normalized spacial score (nSPS) is 19.6. The Balaban J connectivity index is 2.32. The van der Waals surface area contributed by atoms with E-state index in [1.165, 1.54) is 0 Å². The predicted octanol–water partition coefficient (Wildman–Crippen LogP) is 2.92. The molecule has 0 aliphatic carbocycles. The summed E-state index contributed by atoms with van der Waals surface area (Å²) in [5.74, 6) is 0.843. The Hall–Kier alpha value is -1.35. The van der Waals surface area contributed by atoms with Crippen LogP contribution in [0.5, 0.6) is 5.75 Å².